The number of hydrogen-bond donors (Lipinski definition) is 2. The molecule has 0 fully saturated rings. The number of anilines is 1. The molecule has 2 aromatic rings. The Labute approximate surface area is 124 Å². The number of benzene rings is 1. The summed E-state index contributed by atoms with van der Waals surface area (Å²) in [5, 5.41) is 2.80. The van der Waals surface area contributed by atoms with Crippen LogP contribution < -0.4 is 11.1 Å². The van der Waals surface area contributed by atoms with Crippen LogP contribution in [0.5, 0.6) is 0 Å². The normalized spacial score (nSPS) is 9.62. The van der Waals surface area contributed by atoms with Gasteiger partial charge in [-0.15, -0.1) is 0 Å². The van der Waals surface area contributed by atoms with E-state index < -0.39 is 0 Å². The maximum Gasteiger partial charge on any atom is 0.257 e. The Balaban J connectivity index is 2.20. The van der Waals surface area contributed by atoms with Gasteiger partial charge in [0.05, 0.1) is 6.54 Å². The van der Waals surface area contributed by atoms with Crippen LogP contribution in [0, 0.1) is 11.8 Å². The molecule has 0 radical (unpaired) electrons. The topological polar surface area (TPSA) is 68.0 Å². The van der Waals surface area contributed by atoms with E-state index in [-0.39, 0.29) is 12.5 Å². The number of pyridine rings is 1. The smallest absolute Gasteiger partial charge is 0.257 e. The molecule has 0 unspecified atom stereocenters. The fraction of sp³-hybridized carbons (Fsp3) is 0.176. The average Bonchev–Trinajstić information content (AvgIpc) is 2.53. The number of nitrogens with one attached hydrogen (secondary N) is 1. The van der Waals surface area contributed by atoms with Crippen molar-refractivity contribution in [3.63, 3.8) is 0 Å². The van der Waals surface area contributed by atoms with Gasteiger partial charge in [0.1, 0.15) is 11.5 Å². The van der Waals surface area contributed by atoms with E-state index in [2.05, 4.69) is 22.1 Å². The van der Waals surface area contributed by atoms with Crippen LogP contribution in [0.15, 0.2) is 42.5 Å². The number of aryl methyl sites for hydroxylation is 1. The van der Waals surface area contributed by atoms with Gasteiger partial charge in [-0.1, -0.05) is 37.1 Å². The van der Waals surface area contributed by atoms with Crippen LogP contribution >= 0.6 is 0 Å². The molecular formula is C17H17N3O. The third-order valence-electron chi connectivity index (χ3n) is 2.95. The van der Waals surface area contributed by atoms with Crippen molar-refractivity contribution in [2.45, 2.75) is 13.3 Å². The first-order chi connectivity index (χ1) is 10.2. The highest BCUT2D eigenvalue weighted by molar-refractivity contribution is 6.04. The van der Waals surface area contributed by atoms with Crippen molar-refractivity contribution in [3.8, 4) is 11.8 Å². The van der Waals surface area contributed by atoms with Crippen molar-refractivity contribution in [1.82, 2.24) is 4.98 Å². The summed E-state index contributed by atoms with van der Waals surface area (Å²) in [5.74, 6) is 5.90. The minimum Gasteiger partial charge on any atom is -0.320 e. The maximum atomic E-state index is 12.3. The lowest BCUT2D eigenvalue weighted by molar-refractivity contribution is 0.102. The fourth-order valence-electron chi connectivity index (χ4n) is 1.95. The van der Waals surface area contributed by atoms with Gasteiger partial charge in [0.15, 0.2) is 0 Å². The lowest BCUT2D eigenvalue weighted by Crippen LogP contribution is -2.15. The zero-order valence-electron chi connectivity index (χ0n) is 11.9. The van der Waals surface area contributed by atoms with Crippen LogP contribution in [0.2, 0.25) is 0 Å². The molecule has 1 aromatic carbocycles. The number of rotatable bonds is 3. The molecule has 0 saturated carbocycles. The maximum absolute atomic E-state index is 12.3. The molecule has 0 saturated heterocycles. The summed E-state index contributed by atoms with van der Waals surface area (Å²) in [6.45, 7) is 2.30. The Hall–Kier alpha value is -2.64. The number of amides is 1. The number of hydrogen-bond acceptors (Lipinski definition) is 3. The van der Waals surface area contributed by atoms with E-state index in [1.807, 2.05) is 31.2 Å². The Morgan fingerprint density at radius 2 is 2.05 bits per heavy atom. The minimum absolute atomic E-state index is 0.163. The average molecular weight is 279 g/mol. The summed E-state index contributed by atoms with van der Waals surface area (Å²) in [6.07, 6.45) is 0.805. The molecule has 0 aliphatic heterocycles. The van der Waals surface area contributed by atoms with E-state index in [1.54, 1.807) is 18.2 Å². The number of carbonyl (C=O) groups is 1. The van der Waals surface area contributed by atoms with Gasteiger partial charge >= 0.3 is 0 Å². The third kappa shape index (κ3) is 3.91. The van der Waals surface area contributed by atoms with E-state index in [0.717, 1.165) is 12.0 Å². The quantitative estimate of drug-likeness (QED) is 0.846. The highest BCUT2D eigenvalue weighted by Crippen LogP contribution is 2.12. The van der Waals surface area contributed by atoms with Crippen molar-refractivity contribution < 1.29 is 4.79 Å². The molecule has 1 aromatic heterocycles. The lowest BCUT2D eigenvalue weighted by Gasteiger charge is -2.08. The summed E-state index contributed by atoms with van der Waals surface area (Å²) in [4.78, 5) is 16.6. The summed E-state index contributed by atoms with van der Waals surface area (Å²) in [5.41, 5.74) is 7.59. The molecule has 21 heavy (non-hydrogen) atoms. The Morgan fingerprint density at radius 3 is 2.81 bits per heavy atom. The highest BCUT2D eigenvalue weighted by Gasteiger charge is 2.10. The molecule has 4 heteroatoms. The molecule has 2 rings (SSSR count). The summed E-state index contributed by atoms with van der Waals surface area (Å²) in [7, 11) is 0. The predicted octanol–water partition coefficient (Wildman–Crippen LogP) is 2.21. The second kappa shape index (κ2) is 7.22. The molecule has 106 valence electrons. The molecule has 1 heterocycles. The Bertz CT molecular complexity index is 698. The van der Waals surface area contributed by atoms with Crippen molar-refractivity contribution in [2.75, 3.05) is 11.9 Å². The first-order valence-corrected chi connectivity index (χ1v) is 6.80. The standard InChI is InChI=1S/C17H17N3O/c1-2-13-7-3-4-10-15(13)17(21)20-16-11-5-8-14(19-16)9-6-12-18/h3-5,7-8,10-11H,2,12,18H2,1H3,(H,19,20,21). The molecule has 3 N–H and O–H groups in total. The monoisotopic (exact) mass is 279 g/mol. The van der Waals surface area contributed by atoms with Crippen LogP contribution in [0.3, 0.4) is 0 Å². The molecule has 0 bridgehead atoms. The molecule has 4 nitrogen and oxygen atoms in total. The van der Waals surface area contributed by atoms with E-state index in [1.165, 1.54) is 0 Å². The predicted molar refractivity (Wildman–Crippen MR) is 83.9 cm³/mol. The summed E-state index contributed by atoms with van der Waals surface area (Å²) in [6, 6.07) is 12.9. The fourth-order valence-corrected chi connectivity index (χ4v) is 1.95. The number of nitrogens with two attached hydrogens (primary N) is 1. The van der Waals surface area contributed by atoms with Gasteiger partial charge in [-0.3, -0.25) is 4.79 Å². The van der Waals surface area contributed by atoms with Crippen molar-refractivity contribution in [2.24, 2.45) is 5.73 Å². The van der Waals surface area contributed by atoms with E-state index in [0.29, 0.717) is 17.1 Å². The molecular weight excluding hydrogens is 262 g/mol. The molecule has 0 atom stereocenters. The Kier molecular flexibility index (Phi) is 5.08. The van der Waals surface area contributed by atoms with Crippen LogP contribution in [0.25, 0.3) is 0 Å². The highest BCUT2D eigenvalue weighted by atomic mass is 16.1. The summed E-state index contributed by atoms with van der Waals surface area (Å²) < 4.78 is 0. The van der Waals surface area contributed by atoms with Crippen LogP contribution in [-0.4, -0.2) is 17.4 Å². The van der Waals surface area contributed by atoms with E-state index in [9.17, 15) is 4.79 Å². The SMILES string of the molecule is CCc1ccccc1C(=O)Nc1cccc(C#CCN)n1. The van der Waals surface area contributed by atoms with Gasteiger partial charge in [0.25, 0.3) is 5.91 Å². The van der Waals surface area contributed by atoms with Crippen molar-refractivity contribution >= 4 is 11.7 Å². The number of nitrogens with zero attached hydrogens (tertiary/aromatic N) is 1. The van der Waals surface area contributed by atoms with Gasteiger partial charge in [-0.2, -0.15) is 0 Å². The Morgan fingerprint density at radius 1 is 1.24 bits per heavy atom. The van der Waals surface area contributed by atoms with E-state index in [4.69, 9.17) is 5.73 Å². The summed E-state index contributed by atoms with van der Waals surface area (Å²) >= 11 is 0. The minimum atomic E-state index is -0.163. The first kappa shape index (κ1) is 14.8. The third-order valence-corrected chi connectivity index (χ3v) is 2.95. The van der Waals surface area contributed by atoms with Gasteiger partial charge in [0.2, 0.25) is 0 Å². The molecule has 0 aliphatic carbocycles. The zero-order chi connectivity index (χ0) is 15.1. The second-order valence-corrected chi connectivity index (χ2v) is 4.38. The van der Waals surface area contributed by atoms with E-state index >= 15 is 0 Å². The number of carbonyl (C=O) groups excluding carboxylic acids is 1. The lowest BCUT2D eigenvalue weighted by atomic mass is 10.0. The zero-order valence-corrected chi connectivity index (χ0v) is 11.9. The van der Waals surface area contributed by atoms with Crippen LogP contribution in [-0.2, 0) is 6.42 Å². The van der Waals surface area contributed by atoms with Gasteiger partial charge < -0.3 is 11.1 Å². The van der Waals surface area contributed by atoms with Crippen molar-refractivity contribution in [1.29, 1.82) is 0 Å². The van der Waals surface area contributed by atoms with Gasteiger partial charge in [-0.05, 0) is 36.1 Å². The first-order valence-electron chi connectivity index (χ1n) is 6.80. The molecule has 0 spiro atoms. The largest absolute Gasteiger partial charge is 0.320 e. The van der Waals surface area contributed by atoms with Gasteiger partial charge in [0, 0.05) is 5.56 Å². The van der Waals surface area contributed by atoms with Gasteiger partial charge in [-0.25, -0.2) is 4.98 Å². The van der Waals surface area contributed by atoms with Crippen LogP contribution in [0.1, 0.15) is 28.5 Å². The number of aromatic nitrogens is 1. The van der Waals surface area contributed by atoms with Crippen molar-refractivity contribution in [3.05, 3.63) is 59.3 Å². The second-order valence-electron chi connectivity index (χ2n) is 4.38. The molecule has 0 aliphatic rings. The van der Waals surface area contributed by atoms with Crippen LogP contribution in [0.4, 0.5) is 5.82 Å². The molecule has 1 amide bonds.